The van der Waals surface area contributed by atoms with E-state index in [1.807, 2.05) is 18.3 Å². The summed E-state index contributed by atoms with van der Waals surface area (Å²) in [6.45, 7) is 4.22. The van der Waals surface area contributed by atoms with Crippen LogP contribution in [0.3, 0.4) is 0 Å². The van der Waals surface area contributed by atoms with E-state index >= 15 is 0 Å². The lowest BCUT2D eigenvalue weighted by atomic mass is 9.99. The normalized spacial score (nSPS) is 17.4. The van der Waals surface area contributed by atoms with E-state index in [9.17, 15) is 0 Å². The Morgan fingerprint density at radius 2 is 2.22 bits per heavy atom. The predicted octanol–water partition coefficient (Wildman–Crippen LogP) is 4.14. The third kappa shape index (κ3) is 2.64. The molecule has 3 aromatic rings. The molecule has 1 unspecified atom stereocenters. The molecular weight excluding hydrogens is 306 g/mol. The van der Waals surface area contributed by atoms with Crippen LogP contribution in [0, 0.1) is 0 Å². The van der Waals surface area contributed by atoms with E-state index in [1.165, 1.54) is 22.2 Å². The molecule has 1 aliphatic heterocycles. The molecule has 0 bridgehead atoms. The van der Waals surface area contributed by atoms with E-state index in [-0.39, 0.29) is 0 Å². The minimum atomic E-state index is 0.371. The summed E-state index contributed by atoms with van der Waals surface area (Å²) in [5.41, 5.74) is 5.28. The first kappa shape index (κ1) is 14.7. The summed E-state index contributed by atoms with van der Waals surface area (Å²) in [6.07, 6.45) is 3.88. The molecule has 1 atom stereocenters. The van der Waals surface area contributed by atoms with Gasteiger partial charge < -0.3 is 9.88 Å². The number of aryl methyl sites for hydroxylation is 2. The van der Waals surface area contributed by atoms with E-state index in [2.05, 4.69) is 46.1 Å². The van der Waals surface area contributed by atoms with Gasteiger partial charge in [0.1, 0.15) is 0 Å². The summed E-state index contributed by atoms with van der Waals surface area (Å²) in [4.78, 5) is 4.45. The highest BCUT2D eigenvalue weighted by Gasteiger charge is 2.24. The first-order valence-corrected chi connectivity index (χ1v) is 8.55. The minimum absolute atomic E-state index is 0.371. The number of hydrogen-bond acceptors (Lipinski definition) is 2. The summed E-state index contributed by atoms with van der Waals surface area (Å²) < 4.78 is 2.47. The van der Waals surface area contributed by atoms with E-state index in [4.69, 9.17) is 11.6 Å². The Hall–Kier alpha value is -1.84. The molecule has 0 fully saturated rings. The monoisotopic (exact) mass is 325 g/mol. The van der Waals surface area contributed by atoms with Crippen LogP contribution in [0.25, 0.3) is 10.9 Å². The van der Waals surface area contributed by atoms with Gasteiger partial charge in [-0.3, -0.25) is 4.98 Å². The molecule has 118 valence electrons. The van der Waals surface area contributed by atoms with Crippen LogP contribution in [-0.4, -0.2) is 16.1 Å². The van der Waals surface area contributed by atoms with Gasteiger partial charge in [-0.05, 0) is 42.8 Å². The van der Waals surface area contributed by atoms with Gasteiger partial charge in [0.05, 0.1) is 0 Å². The maximum Gasteiger partial charge on any atom is 0.0487 e. The Balaban J connectivity index is 1.79. The van der Waals surface area contributed by atoms with Crippen LogP contribution < -0.4 is 5.32 Å². The van der Waals surface area contributed by atoms with Gasteiger partial charge in [-0.2, -0.15) is 0 Å². The summed E-state index contributed by atoms with van der Waals surface area (Å²) >= 11 is 6.25. The number of hydrogen-bond donors (Lipinski definition) is 1. The molecule has 0 aliphatic carbocycles. The Bertz CT molecular complexity index is 839. The lowest BCUT2D eigenvalue weighted by Gasteiger charge is -2.23. The lowest BCUT2D eigenvalue weighted by Crippen LogP contribution is -2.28. The summed E-state index contributed by atoms with van der Waals surface area (Å²) in [6, 6.07) is 12.7. The summed E-state index contributed by atoms with van der Waals surface area (Å²) in [7, 11) is 0. The second-order valence-electron chi connectivity index (χ2n) is 6.17. The topological polar surface area (TPSA) is 29.9 Å². The zero-order valence-electron chi connectivity index (χ0n) is 13.2. The van der Waals surface area contributed by atoms with Crippen LogP contribution in [0.2, 0.25) is 5.02 Å². The average molecular weight is 326 g/mol. The molecule has 0 spiro atoms. The number of fused-ring (bicyclic) bond motifs is 3. The first-order chi connectivity index (χ1) is 11.2. The van der Waals surface area contributed by atoms with Gasteiger partial charge in [0.15, 0.2) is 0 Å². The minimum Gasteiger partial charge on any atom is -0.344 e. The van der Waals surface area contributed by atoms with Crippen LogP contribution in [0.15, 0.2) is 42.6 Å². The molecular formula is C19H20ClN3. The largest absolute Gasteiger partial charge is 0.344 e. The number of halogens is 1. The zero-order valence-corrected chi connectivity index (χ0v) is 14.0. The van der Waals surface area contributed by atoms with Crippen molar-refractivity contribution >= 4 is 22.5 Å². The van der Waals surface area contributed by atoms with Crippen molar-refractivity contribution in [3.63, 3.8) is 0 Å². The first-order valence-electron chi connectivity index (χ1n) is 8.18. The van der Waals surface area contributed by atoms with Crippen LogP contribution in [-0.2, 0) is 19.4 Å². The third-order valence-corrected chi connectivity index (χ3v) is 4.97. The van der Waals surface area contributed by atoms with Gasteiger partial charge in [-0.15, -0.1) is 0 Å². The smallest absolute Gasteiger partial charge is 0.0487 e. The zero-order chi connectivity index (χ0) is 15.8. The number of aromatic nitrogens is 2. The molecule has 1 aromatic carbocycles. The lowest BCUT2D eigenvalue weighted by molar-refractivity contribution is 0.521. The average Bonchev–Trinajstić information content (AvgIpc) is 2.88. The number of benzene rings is 1. The molecule has 0 saturated carbocycles. The SMILES string of the molecule is CC1NCCc2c1c1cc(Cl)ccc1n2CCc1ccccn1. The van der Waals surface area contributed by atoms with Crippen LogP contribution >= 0.6 is 11.6 Å². The quantitative estimate of drug-likeness (QED) is 0.784. The molecule has 1 aliphatic rings. The fraction of sp³-hybridized carbons (Fsp3) is 0.316. The second-order valence-corrected chi connectivity index (χ2v) is 6.61. The maximum absolute atomic E-state index is 6.25. The van der Waals surface area contributed by atoms with E-state index in [0.717, 1.165) is 36.6 Å². The van der Waals surface area contributed by atoms with Gasteiger partial charge in [0, 0.05) is 65.5 Å². The molecule has 1 N–H and O–H groups in total. The Morgan fingerprint density at radius 3 is 3.04 bits per heavy atom. The standard InChI is InChI=1S/C19H20ClN3/c1-13-19-16-12-14(20)5-6-17(16)23(18(19)7-10-21-13)11-8-15-4-2-3-9-22-15/h2-6,9,12-13,21H,7-8,10-11H2,1H3. The molecule has 4 rings (SSSR count). The summed E-state index contributed by atoms with van der Waals surface area (Å²) in [5, 5.41) is 5.66. The van der Waals surface area contributed by atoms with Crippen molar-refractivity contribution in [2.45, 2.75) is 32.4 Å². The molecule has 4 heteroatoms. The molecule has 23 heavy (non-hydrogen) atoms. The Morgan fingerprint density at radius 1 is 1.30 bits per heavy atom. The van der Waals surface area contributed by atoms with Gasteiger partial charge in [0.25, 0.3) is 0 Å². The van der Waals surface area contributed by atoms with Crippen molar-refractivity contribution in [2.75, 3.05) is 6.54 Å². The molecule has 0 amide bonds. The third-order valence-electron chi connectivity index (χ3n) is 4.74. The Kier molecular flexibility index (Phi) is 3.83. The number of pyridine rings is 1. The number of nitrogens with zero attached hydrogens (tertiary/aromatic N) is 2. The molecule has 3 heterocycles. The fourth-order valence-corrected chi connectivity index (χ4v) is 3.87. The molecule has 0 radical (unpaired) electrons. The molecule has 0 saturated heterocycles. The second kappa shape index (κ2) is 5.99. The Labute approximate surface area is 141 Å². The highest BCUT2D eigenvalue weighted by Crippen LogP contribution is 2.35. The highest BCUT2D eigenvalue weighted by molar-refractivity contribution is 6.31. The van der Waals surface area contributed by atoms with Crippen molar-refractivity contribution in [1.82, 2.24) is 14.9 Å². The van der Waals surface area contributed by atoms with Crippen molar-refractivity contribution in [2.24, 2.45) is 0 Å². The number of rotatable bonds is 3. The molecule has 3 nitrogen and oxygen atoms in total. The van der Waals surface area contributed by atoms with Crippen molar-refractivity contribution in [3.8, 4) is 0 Å². The van der Waals surface area contributed by atoms with E-state index in [0.29, 0.717) is 6.04 Å². The van der Waals surface area contributed by atoms with Crippen LogP contribution in [0.5, 0.6) is 0 Å². The van der Waals surface area contributed by atoms with Gasteiger partial charge in [0.2, 0.25) is 0 Å². The van der Waals surface area contributed by atoms with Gasteiger partial charge in [-0.25, -0.2) is 0 Å². The van der Waals surface area contributed by atoms with Crippen molar-refractivity contribution in [3.05, 3.63) is 64.6 Å². The van der Waals surface area contributed by atoms with E-state index < -0.39 is 0 Å². The van der Waals surface area contributed by atoms with Crippen LogP contribution in [0.4, 0.5) is 0 Å². The summed E-state index contributed by atoms with van der Waals surface area (Å²) in [5.74, 6) is 0. The number of nitrogens with one attached hydrogen (secondary N) is 1. The van der Waals surface area contributed by atoms with Crippen molar-refractivity contribution < 1.29 is 0 Å². The fourth-order valence-electron chi connectivity index (χ4n) is 3.70. The highest BCUT2D eigenvalue weighted by atomic mass is 35.5. The molecule has 2 aromatic heterocycles. The predicted molar refractivity (Wildman–Crippen MR) is 95.0 cm³/mol. The van der Waals surface area contributed by atoms with Crippen molar-refractivity contribution in [1.29, 1.82) is 0 Å². The van der Waals surface area contributed by atoms with E-state index in [1.54, 1.807) is 0 Å². The van der Waals surface area contributed by atoms with Gasteiger partial charge >= 0.3 is 0 Å². The van der Waals surface area contributed by atoms with Gasteiger partial charge in [-0.1, -0.05) is 17.7 Å². The maximum atomic E-state index is 6.25. The van der Waals surface area contributed by atoms with Crippen LogP contribution in [0.1, 0.15) is 29.9 Å².